The Morgan fingerprint density at radius 2 is 1.43 bits per heavy atom. The molecule has 0 radical (unpaired) electrons. The normalized spacial score (nSPS) is 9.63. The monoisotopic (exact) mass is 499 g/mol. The third-order valence-electron chi connectivity index (χ3n) is 3.46. The van der Waals surface area contributed by atoms with Crippen molar-refractivity contribution >= 4 is 35.7 Å². The Morgan fingerprint density at radius 3 is 1.97 bits per heavy atom. The van der Waals surface area contributed by atoms with E-state index in [2.05, 4.69) is 28.2 Å². The first-order chi connectivity index (χ1) is 16.8. The lowest BCUT2D eigenvalue weighted by Gasteiger charge is -2.19. The second-order valence-corrected chi connectivity index (χ2v) is 8.07. The molecule has 3 N–H and O–H groups in total. The summed E-state index contributed by atoms with van der Waals surface area (Å²) in [4.78, 5) is 24.5. The number of anilines is 1. The number of ether oxygens (including phenoxy) is 1. The topological polar surface area (TPSA) is 79.5 Å². The number of carbonyl (C=O) groups is 2. The Labute approximate surface area is 216 Å². The van der Waals surface area contributed by atoms with Gasteiger partial charge in [-0.25, -0.2) is 4.79 Å². The quantitative estimate of drug-likeness (QED) is 0.162. The lowest BCUT2D eigenvalue weighted by Crippen LogP contribution is -2.37. The molecule has 0 aliphatic carbocycles. The van der Waals surface area contributed by atoms with Crippen molar-refractivity contribution in [3.8, 4) is 12.8 Å². The van der Waals surface area contributed by atoms with Gasteiger partial charge in [-0.3, -0.25) is 4.79 Å². The standard InChI is InChI=1S/C22H27N3O3S.2C2H6.C2H2/c1-22(2,3)28-21(27)24-16-15-23-20(26)14-11-17-9-12-18(13-10-17)25-29-19-7-5-4-6-8-19;3*1-2/h4-14,25H,15-16H2,1-3H3,(H,23,26)(H,24,27);2*1-2H3;1-2H/b14-11+;;;. The SMILES string of the molecule is C#C.CC.CC.CC(C)(C)OC(=O)NCCNC(=O)/C=C/c1ccc(NSc2ccccc2)cc1. The van der Waals surface area contributed by atoms with Gasteiger partial charge in [0.15, 0.2) is 0 Å². The van der Waals surface area contributed by atoms with Gasteiger partial charge in [0.1, 0.15) is 5.60 Å². The molecular weight excluding hydrogens is 458 g/mol. The Kier molecular flexibility index (Phi) is 20.5. The van der Waals surface area contributed by atoms with Crippen molar-refractivity contribution in [3.05, 3.63) is 66.2 Å². The average molecular weight is 500 g/mol. The molecule has 6 nitrogen and oxygen atoms in total. The minimum atomic E-state index is -0.540. The third-order valence-corrected chi connectivity index (χ3v) is 4.31. The summed E-state index contributed by atoms with van der Waals surface area (Å²) in [6.07, 6.45) is 10.7. The molecule has 0 aliphatic rings. The van der Waals surface area contributed by atoms with E-state index in [-0.39, 0.29) is 5.91 Å². The Morgan fingerprint density at radius 1 is 0.886 bits per heavy atom. The van der Waals surface area contributed by atoms with Crippen LogP contribution in [0.3, 0.4) is 0 Å². The molecule has 2 rings (SSSR count). The number of nitrogens with one attached hydrogen (secondary N) is 3. The summed E-state index contributed by atoms with van der Waals surface area (Å²) in [5, 5.41) is 5.30. The fourth-order valence-corrected chi connectivity index (χ4v) is 2.83. The van der Waals surface area contributed by atoms with Crippen LogP contribution in [-0.2, 0) is 9.53 Å². The van der Waals surface area contributed by atoms with E-state index < -0.39 is 11.7 Å². The van der Waals surface area contributed by atoms with E-state index in [0.717, 1.165) is 16.1 Å². The van der Waals surface area contributed by atoms with Crippen molar-refractivity contribution in [1.82, 2.24) is 10.6 Å². The zero-order valence-electron chi connectivity index (χ0n) is 22.1. The predicted molar refractivity (Wildman–Crippen MR) is 151 cm³/mol. The van der Waals surface area contributed by atoms with Crippen molar-refractivity contribution in [1.29, 1.82) is 0 Å². The van der Waals surface area contributed by atoms with Crippen molar-refractivity contribution in [2.24, 2.45) is 0 Å². The molecule has 0 unspecified atom stereocenters. The second kappa shape index (κ2) is 21.2. The van der Waals surface area contributed by atoms with E-state index in [1.165, 1.54) is 6.08 Å². The third kappa shape index (κ3) is 18.7. The predicted octanol–water partition coefficient (Wildman–Crippen LogP) is 6.76. The minimum absolute atomic E-state index is 0.224. The Bertz CT molecular complexity index is 859. The number of hydrogen-bond acceptors (Lipinski definition) is 5. The summed E-state index contributed by atoms with van der Waals surface area (Å²) in [5.41, 5.74) is 1.36. The first-order valence-corrected chi connectivity index (χ1v) is 12.5. The highest BCUT2D eigenvalue weighted by molar-refractivity contribution is 8.00. The first kappa shape index (κ1) is 33.8. The number of benzene rings is 2. The average Bonchev–Trinajstić information content (AvgIpc) is 2.88. The fourth-order valence-electron chi connectivity index (χ4n) is 2.16. The number of rotatable bonds is 8. The van der Waals surface area contributed by atoms with Gasteiger partial charge < -0.3 is 20.1 Å². The van der Waals surface area contributed by atoms with Gasteiger partial charge in [0, 0.05) is 29.7 Å². The van der Waals surface area contributed by atoms with Gasteiger partial charge in [-0.15, -0.1) is 12.8 Å². The zero-order valence-corrected chi connectivity index (χ0v) is 22.9. The van der Waals surface area contributed by atoms with Gasteiger partial charge in [0.25, 0.3) is 0 Å². The van der Waals surface area contributed by atoms with Crippen LogP contribution in [0, 0.1) is 12.8 Å². The molecular formula is C28H41N3O3S. The number of amides is 2. The van der Waals surface area contributed by atoms with Crippen molar-refractivity contribution < 1.29 is 14.3 Å². The highest BCUT2D eigenvalue weighted by Crippen LogP contribution is 2.21. The molecule has 35 heavy (non-hydrogen) atoms. The van der Waals surface area contributed by atoms with E-state index in [1.54, 1.807) is 38.8 Å². The van der Waals surface area contributed by atoms with Crippen LogP contribution in [-0.4, -0.2) is 30.7 Å². The van der Waals surface area contributed by atoms with Crippen molar-refractivity contribution in [3.63, 3.8) is 0 Å². The molecule has 0 bridgehead atoms. The summed E-state index contributed by atoms with van der Waals surface area (Å²) in [5.74, 6) is -0.224. The second-order valence-electron chi connectivity index (χ2n) is 7.19. The van der Waals surface area contributed by atoms with Crippen LogP contribution in [0.25, 0.3) is 6.08 Å². The maximum Gasteiger partial charge on any atom is 0.407 e. The number of hydrogen-bond donors (Lipinski definition) is 3. The maximum absolute atomic E-state index is 11.9. The van der Waals surface area contributed by atoms with Gasteiger partial charge in [0.05, 0.1) is 0 Å². The van der Waals surface area contributed by atoms with Gasteiger partial charge in [-0.2, -0.15) is 0 Å². The van der Waals surface area contributed by atoms with E-state index in [9.17, 15) is 9.59 Å². The zero-order chi connectivity index (χ0) is 27.1. The molecule has 2 amide bonds. The summed E-state index contributed by atoms with van der Waals surface area (Å²) >= 11 is 1.54. The lowest BCUT2D eigenvalue weighted by molar-refractivity contribution is -0.116. The molecule has 0 saturated carbocycles. The maximum atomic E-state index is 11.9. The molecule has 0 atom stereocenters. The largest absolute Gasteiger partial charge is 0.444 e. The van der Waals surface area contributed by atoms with Crippen LogP contribution in [0.5, 0.6) is 0 Å². The molecule has 0 fully saturated rings. The molecule has 0 saturated heterocycles. The smallest absolute Gasteiger partial charge is 0.407 e. The molecule has 2 aromatic rings. The number of carbonyl (C=O) groups excluding carboxylic acids is 2. The summed E-state index contributed by atoms with van der Waals surface area (Å²) in [6.45, 7) is 14.0. The van der Waals surface area contributed by atoms with Gasteiger partial charge in [0.2, 0.25) is 5.91 Å². The molecule has 7 heteroatoms. The summed E-state index contributed by atoms with van der Waals surface area (Å²) < 4.78 is 8.40. The van der Waals surface area contributed by atoms with Gasteiger partial charge in [-0.05, 0) is 68.6 Å². The summed E-state index contributed by atoms with van der Waals surface area (Å²) in [7, 11) is 0. The first-order valence-electron chi connectivity index (χ1n) is 11.7. The van der Waals surface area contributed by atoms with Crippen LogP contribution in [0.2, 0.25) is 0 Å². The van der Waals surface area contributed by atoms with Crippen LogP contribution in [0.1, 0.15) is 54.0 Å². The Balaban J connectivity index is 0. The lowest BCUT2D eigenvalue weighted by atomic mass is 10.2. The van der Waals surface area contributed by atoms with Crippen LogP contribution >= 0.6 is 11.9 Å². The number of alkyl carbamates (subject to hydrolysis) is 1. The molecule has 2 aromatic carbocycles. The van der Waals surface area contributed by atoms with E-state index in [4.69, 9.17) is 4.74 Å². The Hall–Kier alpha value is -3.37. The molecule has 0 heterocycles. The highest BCUT2D eigenvalue weighted by Gasteiger charge is 2.15. The fraction of sp³-hybridized carbons (Fsp3) is 0.357. The van der Waals surface area contributed by atoms with Crippen LogP contribution < -0.4 is 15.4 Å². The molecule has 0 aliphatic heterocycles. The molecule has 0 aromatic heterocycles. The van der Waals surface area contributed by atoms with E-state index in [1.807, 2.05) is 82.3 Å². The summed E-state index contributed by atoms with van der Waals surface area (Å²) in [6, 6.07) is 17.8. The molecule has 0 spiro atoms. The van der Waals surface area contributed by atoms with E-state index >= 15 is 0 Å². The van der Waals surface area contributed by atoms with Crippen molar-refractivity contribution in [2.75, 3.05) is 17.8 Å². The van der Waals surface area contributed by atoms with Gasteiger partial charge in [-0.1, -0.05) is 58.0 Å². The number of terminal acetylenes is 1. The van der Waals surface area contributed by atoms with Crippen LogP contribution in [0.4, 0.5) is 10.5 Å². The highest BCUT2D eigenvalue weighted by atomic mass is 32.2. The molecule has 192 valence electrons. The van der Waals surface area contributed by atoms with Gasteiger partial charge >= 0.3 is 6.09 Å². The minimum Gasteiger partial charge on any atom is -0.444 e. The van der Waals surface area contributed by atoms with Crippen LogP contribution in [0.15, 0.2) is 65.6 Å². The van der Waals surface area contributed by atoms with Crippen molar-refractivity contribution in [2.45, 2.75) is 59.0 Å². The van der Waals surface area contributed by atoms with E-state index in [0.29, 0.717) is 13.1 Å².